The van der Waals surface area contributed by atoms with E-state index < -0.39 is 0 Å². The molecule has 1 aromatic carbocycles. The van der Waals surface area contributed by atoms with Crippen molar-refractivity contribution in [2.45, 2.75) is 45.7 Å². The maximum atomic E-state index is 3.55. The second-order valence-electron chi connectivity index (χ2n) is 6.55. The molecule has 1 N–H and O–H groups in total. The smallest absolute Gasteiger partial charge is 0.0475 e. The van der Waals surface area contributed by atoms with Crippen molar-refractivity contribution in [1.82, 2.24) is 10.2 Å². The summed E-state index contributed by atoms with van der Waals surface area (Å²) in [7, 11) is 2.09. The highest BCUT2D eigenvalue weighted by molar-refractivity contribution is 5.20. The van der Waals surface area contributed by atoms with Gasteiger partial charge in [-0.1, -0.05) is 51.1 Å². The third-order valence-corrected chi connectivity index (χ3v) is 4.64. The van der Waals surface area contributed by atoms with Crippen LogP contribution < -0.4 is 5.32 Å². The number of hydrogen-bond acceptors (Lipinski definition) is 2. The minimum absolute atomic E-state index is 0.429. The van der Waals surface area contributed by atoms with Crippen LogP contribution in [0.3, 0.4) is 0 Å². The molecule has 0 bridgehead atoms. The molecule has 0 aromatic heterocycles. The van der Waals surface area contributed by atoms with Crippen LogP contribution in [0, 0.1) is 11.8 Å². The van der Waals surface area contributed by atoms with Gasteiger partial charge in [0.15, 0.2) is 0 Å². The molecule has 1 heterocycles. The fourth-order valence-corrected chi connectivity index (χ4v) is 3.93. The predicted octanol–water partition coefficient (Wildman–Crippen LogP) is 3.70. The van der Waals surface area contributed by atoms with Gasteiger partial charge in [-0.25, -0.2) is 0 Å². The van der Waals surface area contributed by atoms with E-state index in [9.17, 15) is 0 Å². The van der Waals surface area contributed by atoms with Crippen LogP contribution >= 0.6 is 0 Å². The fraction of sp³-hybridized carbons (Fsp3) is 0.667. The summed E-state index contributed by atoms with van der Waals surface area (Å²) in [5.41, 5.74) is 1.41. The van der Waals surface area contributed by atoms with E-state index >= 15 is 0 Å². The van der Waals surface area contributed by atoms with Gasteiger partial charge in [0.2, 0.25) is 0 Å². The van der Waals surface area contributed by atoms with E-state index in [1.165, 1.54) is 31.5 Å². The standard InChI is InChI=1S/C18H30N2/c1-5-17(20-12-14(2)11-15(3)13-20)18(19-4)16-9-7-6-8-10-16/h6-10,14-15,17-19H,5,11-13H2,1-4H3. The quantitative estimate of drug-likeness (QED) is 0.880. The van der Waals surface area contributed by atoms with E-state index in [0.717, 1.165) is 11.8 Å². The highest BCUT2D eigenvalue weighted by atomic mass is 15.2. The Hall–Kier alpha value is -0.860. The Balaban J connectivity index is 2.17. The van der Waals surface area contributed by atoms with Crippen molar-refractivity contribution in [2.75, 3.05) is 20.1 Å². The zero-order chi connectivity index (χ0) is 14.5. The highest BCUT2D eigenvalue weighted by Crippen LogP contribution is 2.29. The largest absolute Gasteiger partial charge is 0.312 e. The zero-order valence-electron chi connectivity index (χ0n) is 13.5. The van der Waals surface area contributed by atoms with E-state index in [4.69, 9.17) is 0 Å². The molecule has 1 aromatic rings. The van der Waals surface area contributed by atoms with Crippen LogP contribution in [0.2, 0.25) is 0 Å². The van der Waals surface area contributed by atoms with Gasteiger partial charge in [0.05, 0.1) is 0 Å². The lowest BCUT2D eigenvalue weighted by molar-refractivity contribution is 0.0739. The second kappa shape index (κ2) is 7.24. The van der Waals surface area contributed by atoms with Crippen molar-refractivity contribution in [3.05, 3.63) is 35.9 Å². The zero-order valence-corrected chi connectivity index (χ0v) is 13.5. The van der Waals surface area contributed by atoms with E-state index in [0.29, 0.717) is 12.1 Å². The topological polar surface area (TPSA) is 15.3 Å². The molecule has 4 atom stereocenters. The van der Waals surface area contributed by atoms with Gasteiger partial charge in [0.25, 0.3) is 0 Å². The molecule has 2 rings (SSSR count). The number of likely N-dealkylation sites (tertiary alicyclic amines) is 1. The molecule has 1 saturated heterocycles. The van der Waals surface area contributed by atoms with Gasteiger partial charge in [-0.15, -0.1) is 0 Å². The molecule has 2 heteroatoms. The molecule has 1 aliphatic heterocycles. The molecule has 4 unspecified atom stereocenters. The molecule has 0 spiro atoms. The molecule has 112 valence electrons. The molecule has 20 heavy (non-hydrogen) atoms. The maximum Gasteiger partial charge on any atom is 0.0475 e. The normalized spacial score (nSPS) is 27.2. The van der Waals surface area contributed by atoms with Crippen LogP contribution in [-0.4, -0.2) is 31.1 Å². The van der Waals surface area contributed by atoms with Gasteiger partial charge in [-0.3, -0.25) is 4.90 Å². The van der Waals surface area contributed by atoms with Crippen LogP contribution in [0.5, 0.6) is 0 Å². The van der Waals surface area contributed by atoms with E-state index in [1.54, 1.807) is 0 Å². The van der Waals surface area contributed by atoms with E-state index in [-0.39, 0.29) is 0 Å². The molecular formula is C18H30N2. The van der Waals surface area contributed by atoms with E-state index in [1.807, 2.05) is 0 Å². The number of rotatable bonds is 5. The summed E-state index contributed by atoms with van der Waals surface area (Å²) in [5, 5.41) is 3.55. The first-order valence-electron chi connectivity index (χ1n) is 8.12. The van der Waals surface area contributed by atoms with Crippen molar-refractivity contribution in [3.63, 3.8) is 0 Å². The molecule has 0 aliphatic carbocycles. The first-order valence-corrected chi connectivity index (χ1v) is 8.12. The average Bonchev–Trinajstić information content (AvgIpc) is 2.44. The summed E-state index contributed by atoms with van der Waals surface area (Å²) in [6, 6.07) is 11.9. The first kappa shape index (κ1) is 15.5. The van der Waals surface area contributed by atoms with Crippen LogP contribution in [0.4, 0.5) is 0 Å². The molecule has 2 nitrogen and oxygen atoms in total. The average molecular weight is 274 g/mol. The van der Waals surface area contributed by atoms with Crippen molar-refractivity contribution >= 4 is 0 Å². The number of nitrogens with zero attached hydrogens (tertiary/aromatic N) is 1. The third-order valence-electron chi connectivity index (χ3n) is 4.64. The van der Waals surface area contributed by atoms with Gasteiger partial charge >= 0.3 is 0 Å². The van der Waals surface area contributed by atoms with E-state index in [2.05, 4.69) is 68.4 Å². The molecule has 0 radical (unpaired) electrons. The second-order valence-corrected chi connectivity index (χ2v) is 6.55. The van der Waals surface area contributed by atoms with Crippen LogP contribution in [0.15, 0.2) is 30.3 Å². The summed E-state index contributed by atoms with van der Waals surface area (Å²) in [5.74, 6) is 1.64. The number of hydrogen-bond donors (Lipinski definition) is 1. The van der Waals surface area contributed by atoms with Gasteiger partial charge in [-0.05, 0) is 37.3 Å². The summed E-state index contributed by atoms with van der Waals surface area (Å²) in [6.45, 7) is 9.60. The van der Waals surface area contributed by atoms with Gasteiger partial charge in [0.1, 0.15) is 0 Å². The monoisotopic (exact) mass is 274 g/mol. The Morgan fingerprint density at radius 3 is 2.25 bits per heavy atom. The molecule has 1 aliphatic rings. The Morgan fingerprint density at radius 2 is 1.75 bits per heavy atom. The summed E-state index contributed by atoms with van der Waals surface area (Å²) >= 11 is 0. The van der Waals surface area contributed by atoms with Crippen LogP contribution in [-0.2, 0) is 0 Å². The molecule has 1 fully saturated rings. The summed E-state index contributed by atoms with van der Waals surface area (Å²) < 4.78 is 0. The SMILES string of the molecule is CCC(C(NC)c1ccccc1)N1CC(C)CC(C)C1. The number of likely N-dealkylation sites (N-methyl/N-ethyl adjacent to an activating group) is 1. The Bertz CT molecular complexity index is 380. The molecule has 0 saturated carbocycles. The number of benzene rings is 1. The maximum absolute atomic E-state index is 3.55. The van der Waals surface area contributed by atoms with Gasteiger partial charge in [0, 0.05) is 25.2 Å². The van der Waals surface area contributed by atoms with Crippen molar-refractivity contribution < 1.29 is 0 Å². The van der Waals surface area contributed by atoms with Crippen molar-refractivity contribution in [1.29, 1.82) is 0 Å². The minimum Gasteiger partial charge on any atom is -0.312 e. The Kier molecular flexibility index (Phi) is 5.62. The summed E-state index contributed by atoms with van der Waals surface area (Å²) in [6.07, 6.45) is 2.57. The highest BCUT2D eigenvalue weighted by Gasteiger charge is 2.31. The lowest BCUT2D eigenvalue weighted by Crippen LogP contribution is -2.49. The molecular weight excluding hydrogens is 244 g/mol. The first-order chi connectivity index (χ1) is 9.65. The molecule has 0 amide bonds. The lowest BCUT2D eigenvalue weighted by Gasteiger charge is -2.43. The summed E-state index contributed by atoms with van der Waals surface area (Å²) in [4.78, 5) is 2.72. The number of piperidine rings is 1. The minimum atomic E-state index is 0.429. The lowest BCUT2D eigenvalue weighted by atomic mass is 9.88. The number of nitrogens with one attached hydrogen (secondary N) is 1. The Morgan fingerprint density at radius 1 is 1.15 bits per heavy atom. The predicted molar refractivity (Wildman–Crippen MR) is 86.8 cm³/mol. The van der Waals surface area contributed by atoms with Crippen molar-refractivity contribution in [3.8, 4) is 0 Å². The van der Waals surface area contributed by atoms with Gasteiger partial charge in [-0.2, -0.15) is 0 Å². The van der Waals surface area contributed by atoms with Crippen LogP contribution in [0.1, 0.15) is 45.2 Å². The Labute approximate surface area is 124 Å². The van der Waals surface area contributed by atoms with Gasteiger partial charge < -0.3 is 5.32 Å². The van der Waals surface area contributed by atoms with Crippen molar-refractivity contribution in [2.24, 2.45) is 11.8 Å². The van der Waals surface area contributed by atoms with Crippen LogP contribution in [0.25, 0.3) is 0 Å². The third kappa shape index (κ3) is 3.62. The fourth-order valence-electron chi connectivity index (χ4n) is 3.93.